The van der Waals surface area contributed by atoms with Gasteiger partial charge in [-0.15, -0.1) is 0 Å². The fourth-order valence-electron chi connectivity index (χ4n) is 3.22. The fourth-order valence-corrected chi connectivity index (χ4v) is 3.22. The van der Waals surface area contributed by atoms with Crippen LogP contribution in [0, 0.1) is 0 Å². The van der Waals surface area contributed by atoms with Crippen molar-refractivity contribution in [1.29, 1.82) is 0 Å². The first kappa shape index (κ1) is 18.0. The van der Waals surface area contributed by atoms with Gasteiger partial charge in [0.15, 0.2) is 0 Å². The van der Waals surface area contributed by atoms with E-state index in [0.717, 1.165) is 38.3 Å². The van der Waals surface area contributed by atoms with Crippen LogP contribution >= 0.6 is 0 Å². The van der Waals surface area contributed by atoms with Crippen LogP contribution in [0.25, 0.3) is 0 Å². The molecule has 0 aromatic heterocycles. The van der Waals surface area contributed by atoms with E-state index in [-0.39, 0.29) is 0 Å². The maximum atomic E-state index is 5.79. The SMILES string of the molecule is CC[C@H]1CN(CCCc2ccc(COc3ccccc3)cc2)CCO1. The highest BCUT2D eigenvalue weighted by Crippen LogP contribution is 2.14. The Morgan fingerprint density at radius 3 is 2.56 bits per heavy atom. The summed E-state index contributed by atoms with van der Waals surface area (Å²) in [6, 6.07) is 18.8. The molecule has 134 valence electrons. The molecule has 0 aliphatic carbocycles. The molecule has 0 unspecified atom stereocenters. The Morgan fingerprint density at radius 1 is 1.04 bits per heavy atom. The maximum Gasteiger partial charge on any atom is 0.119 e. The lowest BCUT2D eigenvalue weighted by Crippen LogP contribution is -2.42. The summed E-state index contributed by atoms with van der Waals surface area (Å²) in [5, 5.41) is 0. The molecule has 25 heavy (non-hydrogen) atoms. The molecule has 0 spiro atoms. The minimum absolute atomic E-state index is 0.428. The van der Waals surface area contributed by atoms with Gasteiger partial charge in [-0.25, -0.2) is 0 Å². The first-order chi connectivity index (χ1) is 12.3. The molecule has 0 amide bonds. The molecule has 1 heterocycles. The molecular weight excluding hydrogens is 310 g/mol. The van der Waals surface area contributed by atoms with E-state index in [4.69, 9.17) is 9.47 Å². The zero-order valence-electron chi connectivity index (χ0n) is 15.2. The number of aryl methyl sites for hydroxylation is 1. The average molecular weight is 339 g/mol. The number of ether oxygens (including phenoxy) is 2. The van der Waals surface area contributed by atoms with Crippen LogP contribution in [0.5, 0.6) is 5.75 Å². The van der Waals surface area contributed by atoms with Crippen LogP contribution in [0.3, 0.4) is 0 Å². The van der Waals surface area contributed by atoms with E-state index in [1.54, 1.807) is 0 Å². The lowest BCUT2D eigenvalue weighted by molar-refractivity contribution is -0.0297. The van der Waals surface area contributed by atoms with Crippen LogP contribution in [0.15, 0.2) is 54.6 Å². The van der Waals surface area contributed by atoms with Crippen LogP contribution in [0.2, 0.25) is 0 Å². The molecule has 0 saturated carbocycles. The Kier molecular flexibility index (Phi) is 6.89. The molecule has 2 aromatic rings. The van der Waals surface area contributed by atoms with Crippen molar-refractivity contribution in [2.75, 3.05) is 26.2 Å². The summed E-state index contributed by atoms with van der Waals surface area (Å²) in [4.78, 5) is 2.54. The van der Waals surface area contributed by atoms with Gasteiger partial charge in [0.1, 0.15) is 12.4 Å². The van der Waals surface area contributed by atoms with Gasteiger partial charge in [0, 0.05) is 13.1 Å². The first-order valence-electron chi connectivity index (χ1n) is 9.43. The summed E-state index contributed by atoms with van der Waals surface area (Å²) in [7, 11) is 0. The van der Waals surface area contributed by atoms with Gasteiger partial charge < -0.3 is 9.47 Å². The van der Waals surface area contributed by atoms with Crippen LogP contribution in [-0.2, 0) is 17.8 Å². The monoisotopic (exact) mass is 339 g/mol. The summed E-state index contributed by atoms with van der Waals surface area (Å²) >= 11 is 0. The van der Waals surface area contributed by atoms with Crippen molar-refractivity contribution >= 4 is 0 Å². The molecule has 0 bridgehead atoms. The Hall–Kier alpha value is -1.84. The van der Waals surface area contributed by atoms with E-state index < -0.39 is 0 Å². The number of para-hydroxylation sites is 1. The van der Waals surface area contributed by atoms with Gasteiger partial charge in [0.2, 0.25) is 0 Å². The van der Waals surface area contributed by atoms with Gasteiger partial charge in [-0.05, 0) is 49.1 Å². The van der Waals surface area contributed by atoms with Gasteiger partial charge in [-0.1, -0.05) is 49.4 Å². The second-order valence-corrected chi connectivity index (χ2v) is 6.72. The molecular formula is C22H29NO2. The van der Waals surface area contributed by atoms with E-state index >= 15 is 0 Å². The number of benzene rings is 2. The summed E-state index contributed by atoms with van der Waals surface area (Å²) in [5.41, 5.74) is 2.62. The number of morpholine rings is 1. The van der Waals surface area contributed by atoms with Crippen molar-refractivity contribution in [1.82, 2.24) is 4.90 Å². The third-order valence-corrected chi connectivity index (χ3v) is 4.79. The van der Waals surface area contributed by atoms with Crippen molar-refractivity contribution in [3.8, 4) is 5.75 Å². The third kappa shape index (κ3) is 5.87. The molecule has 2 aromatic carbocycles. The van der Waals surface area contributed by atoms with Gasteiger partial charge in [-0.2, -0.15) is 0 Å². The van der Waals surface area contributed by atoms with Crippen molar-refractivity contribution in [2.24, 2.45) is 0 Å². The van der Waals surface area contributed by atoms with Crippen LogP contribution in [0.4, 0.5) is 0 Å². The highest BCUT2D eigenvalue weighted by atomic mass is 16.5. The van der Waals surface area contributed by atoms with Crippen molar-refractivity contribution in [3.05, 3.63) is 65.7 Å². The number of hydrogen-bond acceptors (Lipinski definition) is 3. The molecule has 1 fully saturated rings. The Balaban J connectivity index is 1.39. The molecule has 0 N–H and O–H groups in total. The molecule has 1 aliphatic heterocycles. The van der Waals surface area contributed by atoms with E-state index in [0.29, 0.717) is 12.7 Å². The topological polar surface area (TPSA) is 21.7 Å². The van der Waals surface area contributed by atoms with E-state index in [1.807, 2.05) is 30.3 Å². The molecule has 0 radical (unpaired) electrons. The Labute approximate surface area is 151 Å². The zero-order valence-corrected chi connectivity index (χ0v) is 15.2. The van der Waals surface area contributed by atoms with Crippen molar-refractivity contribution in [2.45, 2.75) is 38.9 Å². The van der Waals surface area contributed by atoms with E-state index in [2.05, 4.69) is 36.1 Å². The minimum atomic E-state index is 0.428. The highest BCUT2D eigenvalue weighted by molar-refractivity contribution is 5.24. The Morgan fingerprint density at radius 2 is 1.80 bits per heavy atom. The lowest BCUT2D eigenvalue weighted by atomic mass is 10.1. The summed E-state index contributed by atoms with van der Waals surface area (Å²) in [5.74, 6) is 0.919. The summed E-state index contributed by atoms with van der Waals surface area (Å²) in [6.07, 6.45) is 3.88. The standard InChI is InChI=1S/C22H29NO2/c1-2-21-17-23(15-16-24-21)14-6-7-19-10-12-20(13-11-19)18-25-22-8-4-3-5-9-22/h3-5,8-13,21H,2,6-7,14-18H2,1H3/t21-/m0/s1. The molecule has 3 nitrogen and oxygen atoms in total. The van der Waals surface area contributed by atoms with Crippen LogP contribution in [0.1, 0.15) is 30.9 Å². The zero-order chi connectivity index (χ0) is 17.3. The first-order valence-corrected chi connectivity index (χ1v) is 9.43. The lowest BCUT2D eigenvalue weighted by Gasteiger charge is -2.32. The second kappa shape index (κ2) is 9.59. The smallest absolute Gasteiger partial charge is 0.119 e. The fraction of sp³-hybridized carbons (Fsp3) is 0.455. The molecule has 3 rings (SSSR count). The van der Waals surface area contributed by atoms with E-state index in [1.165, 1.54) is 24.1 Å². The van der Waals surface area contributed by atoms with Crippen molar-refractivity contribution < 1.29 is 9.47 Å². The average Bonchev–Trinajstić information content (AvgIpc) is 2.68. The second-order valence-electron chi connectivity index (χ2n) is 6.72. The largest absolute Gasteiger partial charge is 0.489 e. The maximum absolute atomic E-state index is 5.79. The van der Waals surface area contributed by atoms with Gasteiger partial charge in [-0.3, -0.25) is 4.90 Å². The van der Waals surface area contributed by atoms with Crippen LogP contribution < -0.4 is 4.74 Å². The molecule has 3 heteroatoms. The van der Waals surface area contributed by atoms with Gasteiger partial charge in [0.05, 0.1) is 12.7 Å². The van der Waals surface area contributed by atoms with E-state index in [9.17, 15) is 0 Å². The van der Waals surface area contributed by atoms with Crippen molar-refractivity contribution in [3.63, 3.8) is 0 Å². The number of hydrogen-bond donors (Lipinski definition) is 0. The quantitative estimate of drug-likeness (QED) is 0.715. The predicted molar refractivity (Wildman–Crippen MR) is 102 cm³/mol. The predicted octanol–water partition coefficient (Wildman–Crippen LogP) is 4.31. The summed E-state index contributed by atoms with van der Waals surface area (Å²) < 4.78 is 11.5. The highest BCUT2D eigenvalue weighted by Gasteiger charge is 2.18. The van der Waals surface area contributed by atoms with Gasteiger partial charge in [0.25, 0.3) is 0 Å². The molecule has 1 atom stereocenters. The molecule has 1 saturated heterocycles. The van der Waals surface area contributed by atoms with Crippen LogP contribution in [-0.4, -0.2) is 37.2 Å². The number of rotatable bonds is 8. The third-order valence-electron chi connectivity index (χ3n) is 4.79. The van der Waals surface area contributed by atoms with Gasteiger partial charge >= 0.3 is 0 Å². The molecule has 1 aliphatic rings. The Bertz CT molecular complexity index is 612. The number of nitrogens with zero attached hydrogens (tertiary/aromatic N) is 1. The normalized spacial score (nSPS) is 18.2. The summed E-state index contributed by atoms with van der Waals surface area (Å²) in [6.45, 7) is 7.04. The minimum Gasteiger partial charge on any atom is -0.489 e.